The number of piperidine rings is 1. The van der Waals surface area contributed by atoms with Crippen LogP contribution in [-0.4, -0.2) is 88.8 Å². The maximum absolute atomic E-state index is 13.0. The Morgan fingerprint density at radius 3 is 2.37 bits per heavy atom. The SMILES string of the molecule is CC1(C)OB(c2cnc(S(=O)(=O)[C@@H]3CCCN(C(=O)C(O)CO)C3)nc2)OC1(C)C. The molecule has 2 atom stereocenters. The van der Waals surface area contributed by atoms with Crippen LogP contribution in [0.4, 0.5) is 0 Å². The minimum Gasteiger partial charge on any atom is -0.399 e. The van der Waals surface area contributed by atoms with Gasteiger partial charge in [0.05, 0.1) is 23.1 Å². The first kappa shape index (κ1) is 23.1. The Morgan fingerprint density at radius 2 is 1.83 bits per heavy atom. The van der Waals surface area contributed by atoms with E-state index >= 15 is 0 Å². The van der Waals surface area contributed by atoms with Crippen LogP contribution in [0.25, 0.3) is 0 Å². The highest BCUT2D eigenvalue weighted by molar-refractivity contribution is 7.91. The van der Waals surface area contributed by atoms with E-state index in [2.05, 4.69) is 9.97 Å². The van der Waals surface area contributed by atoms with Crippen LogP contribution in [0.3, 0.4) is 0 Å². The molecule has 2 saturated heterocycles. The standard InChI is InChI=1S/C18H28BN3O7S/c1-17(2)18(3,4)29-19(28-17)12-8-20-16(21-9-12)30(26,27)13-6-5-7-22(10-13)15(25)14(24)11-23/h8-9,13-14,23-24H,5-7,10-11H2,1-4H3/t13-,14?/m1/s1. The summed E-state index contributed by atoms with van der Waals surface area (Å²) in [5, 5.41) is 17.3. The number of hydrogen-bond donors (Lipinski definition) is 2. The molecule has 0 bridgehead atoms. The fourth-order valence-corrected chi connectivity index (χ4v) is 4.95. The fraction of sp³-hybridized carbons (Fsp3) is 0.722. The number of carbonyl (C=O) groups is 1. The molecule has 30 heavy (non-hydrogen) atoms. The molecule has 2 aliphatic rings. The zero-order chi connectivity index (χ0) is 22.3. The zero-order valence-electron chi connectivity index (χ0n) is 17.6. The van der Waals surface area contributed by atoms with Gasteiger partial charge in [0.25, 0.3) is 5.91 Å². The van der Waals surface area contributed by atoms with Crippen LogP contribution < -0.4 is 5.46 Å². The molecule has 1 unspecified atom stereocenters. The number of amides is 1. The number of likely N-dealkylation sites (tertiary alicyclic amines) is 1. The molecule has 1 aromatic heterocycles. The lowest BCUT2D eigenvalue weighted by atomic mass is 9.81. The average Bonchev–Trinajstić information content (AvgIpc) is 2.94. The van der Waals surface area contributed by atoms with Crippen LogP contribution >= 0.6 is 0 Å². The first-order valence-corrected chi connectivity index (χ1v) is 11.4. The molecule has 12 heteroatoms. The van der Waals surface area contributed by atoms with Gasteiger partial charge in [0.2, 0.25) is 15.0 Å². The van der Waals surface area contributed by atoms with Gasteiger partial charge in [-0.2, -0.15) is 0 Å². The summed E-state index contributed by atoms with van der Waals surface area (Å²) in [6.45, 7) is 7.18. The Balaban J connectivity index is 1.75. The Hall–Kier alpha value is -1.60. The molecule has 0 aliphatic carbocycles. The molecule has 2 fully saturated rings. The molecular weight excluding hydrogens is 413 g/mol. The summed E-state index contributed by atoms with van der Waals surface area (Å²) in [5.41, 5.74) is -0.571. The number of aliphatic hydroxyl groups excluding tert-OH is 2. The number of rotatable bonds is 5. The highest BCUT2D eigenvalue weighted by Crippen LogP contribution is 2.36. The summed E-state index contributed by atoms with van der Waals surface area (Å²) in [6, 6.07) is 0. The number of sulfone groups is 1. The summed E-state index contributed by atoms with van der Waals surface area (Å²) in [7, 11) is -4.59. The van der Waals surface area contributed by atoms with Gasteiger partial charge in [0.15, 0.2) is 6.10 Å². The Labute approximate surface area is 176 Å². The number of aliphatic hydroxyl groups is 2. The normalized spacial score (nSPS) is 24.7. The highest BCUT2D eigenvalue weighted by atomic mass is 32.2. The van der Waals surface area contributed by atoms with E-state index in [1.54, 1.807) is 0 Å². The van der Waals surface area contributed by atoms with Crippen molar-refractivity contribution < 1.29 is 32.7 Å². The Bertz CT molecular complexity index is 876. The lowest BCUT2D eigenvalue weighted by molar-refractivity contribution is -0.142. The Kier molecular flexibility index (Phi) is 6.27. The molecule has 10 nitrogen and oxygen atoms in total. The van der Waals surface area contributed by atoms with Crippen LogP contribution in [0.15, 0.2) is 17.6 Å². The molecule has 3 rings (SSSR count). The maximum Gasteiger partial charge on any atom is 0.498 e. The van der Waals surface area contributed by atoms with Crippen molar-refractivity contribution in [2.45, 2.75) is 68.2 Å². The third-order valence-electron chi connectivity index (χ3n) is 6.01. The smallest absolute Gasteiger partial charge is 0.399 e. The monoisotopic (exact) mass is 441 g/mol. The van der Waals surface area contributed by atoms with Crippen LogP contribution in [0.2, 0.25) is 0 Å². The number of carbonyl (C=O) groups excluding carboxylic acids is 1. The van der Waals surface area contributed by atoms with Gasteiger partial charge in [-0.3, -0.25) is 4.79 Å². The molecule has 0 radical (unpaired) electrons. The van der Waals surface area contributed by atoms with Crippen LogP contribution in [0.1, 0.15) is 40.5 Å². The van der Waals surface area contributed by atoms with Crippen molar-refractivity contribution >= 4 is 28.3 Å². The Morgan fingerprint density at radius 1 is 1.27 bits per heavy atom. The molecular formula is C18H28BN3O7S. The van der Waals surface area contributed by atoms with Crippen molar-refractivity contribution in [3.8, 4) is 0 Å². The van der Waals surface area contributed by atoms with Gasteiger partial charge in [-0.15, -0.1) is 0 Å². The van der Waals surface area contributed by atoms with Gasteiger partial charge in [-0.1, -0.05) is 0 Å². The number of aromatic nitrogens is 2. The van der Waals surface area contributed by atoms with E-state index in [0.29, 0.717) is 24.8 Å². The van der Waals surface area contributed by atoms with E-state index in [1.165, 1.54) is 17.3 Å². The molecule has 3 heterocycles. The number of nitrogens with zero attached hydrogens (tertiary/aromatic N) is 3. The second kappa shape index (κ2) is 8.15. The molecule has 0 spiro atoms. The van der Waals surface area contributed by atoms with Crippen molar-refractivity contribution in [2.75, 3.05) is 19.7 Å². The molecule has 0 aromatic carbocycles. The average molecular weight is 441 g/mol. The highest BCUT2D eigenvalue weighted by Gasteiger charge is 2.52. The summed E-state index contributed by atoms with van der Waals surface area (Å²) in [6.07, 6.45) is 2.01. The molecule has 166 valence electrons. The lowest BCUT2D eigenvalue weighted by Gasteiger charge is -2.33. The van der Waals surface area contributed by atoms with Crippen molar-refractivity contribution in [1.82, 2.24) is 14.9 Å². The topological polar surface area (TPSA) is 139 Å². The van der Waals surface area contributed by atoms with Crippen LogP contribution in [-0.2, 0) is 23.9 Å². The van der Waals surface area contributed by atoms with Crippen molar-refractivity contribution in [3.05, 3.63) is 12.4 Å². The van der Waals surface area contributed by atoms with Crippen molar-refractivity contribution in [2.24, 2.45) is 0 Å². The first-order valence-electron chi connectivity index (χ1n) is 9.88. The quantitative estimate of drug-likeness (QED) is 0.430. The zero-order valence-corrected chi connectivity index (χ0v) is 18.4. The van der Waals surface area contributed by atoms with Gasteiger partial charge in [-0.05, 0) is 40.5 Å². The summed E-state index contributed by atoms with van der Waals surface area (Å²) >= 11 is 0. The van der Waals surface area contributed by atoms with Crippen molar-refractivity contribution in [3.63, 3.8) is 0 Å². The second-order valence-corrected chi connectivity index (χ2v) is 10.8. The fourth-order valence-electron chi connectivity index (χ4n) is 3.40. The third kappa shape index (κ3) is 4.24. The minimum absolute atomic E-state index is 0.0828. The predicted molar refractivity (Wildman–Crippen MR) is 108 cm³/mol. The van der Waals surface area contributed by atoms with Gasteiger partial charge in [-0.25, -0.2) is 18.4 Å². The molecule has 1 amide bonds. The van der Waals surface area contributed by atoms with E-state index in [1.807, 2.05) is 27.7 Å². The predicted octanol–water partition coefficient (Wildman–Crippen LogP) is -1.11. The number of hydrogen-bond acceptors (Lipinski definition) is 9. The molecule has 0 saturated carbocycles. The van der Waals surface area contributed by atoms with Crippen LogP contribution in [0, 0.1) is 0 Å². The third-order valence-corrected chi connectivity index (χ3v) is 8.00. The second-order valence-electron chi connectivity index (χ2n) is 8.68. The largest absolute Gasteiger partial charge is 0.498 e. The van der Waals surface area contributed by atoms with Gasteiger partial charge < -0.3 is 24.4 Å². The maximum atomic E-state index is 13.0. The lowest BCUT2D eigenvalue weighted by Crippen LogP contribution is -2.49. The van der Waals surface area contributed by atoms with E-state index in [9.17, 15) is 18.3 Å². The van der Waals surface area contributed by atoms with Gasteiger partial charge >= 0.3 is 7.12 Å². The minimum atomic E-state index is -3.89. The van der Waals surface area contributed by atoms with Crippen molar-refractivity contribution in [1.29, 1.82) is 0 Å². The van der Waals surface area contributed by atoms with Gasteiger partial charge in [0.1, 0.15) is 0 Å². The van der Waals surface area contributed by atoms with E-state index < -0.39 is 52.0 Å². The van der Waals surface area contributed by atoms with E-state index in [-0.39, 0.29) is 11.7 Å². The molecule has 2 aliphatic heterocycles. The van der Waals surface area contributed by atoms with Crippen LogP contribution in [0.5, 0.6) is 0 Å². The first-order chi connectivity index (χ1) is 13.9. The van der Waals surface area contributed by atoms with E-state index in [0.717, 1.165) is 0 Å². The summed E-state index contributed by atoms with van der Waals surface area (Å²) < 4.78 is 37.8. The summed E-state index contributed by atoms with van der Waals surface area (Å²) in [4.78, 5) is 21.4. The van der Waals surface area contributed by atoms with Gasteiger partial charge in [0, 0.05) is 30.9 Å². The van der Waals surface area contributed by atoms with E-state index in [4.69, 9.17) is 14.4 Å². The molecule has 2 N–H and O–H groups in total. The molecule has 1 aromatic rings. The summed E-state index contributed by atoms with van der Waals surface area (Å²) in [5.74, 6) is -0.686.